The molecule has 172 valence electrons. The van der Waals surface area contributed by atoms with Gasteiger partial charge in [0.1, 0.15) is 5.75 Å². The molecule has 0 saturated carbocycles. The predicted molar refractivity (Wildman–Crippen MR) is 133 cm³/mol. The second-order valence-electron chi connectivity index (χ2n) is 7.19. The lowest BCUT2D eigenvalue weighted by molar-refractivity contribution is 0.0698. The van der Waals surface area contributed by atoms with Crippen molar-refractivity contribution in [1.82, 2.24) is 15.5 Å². The number of piperidine rings is 1. The molecule has 0 spiro atoms. The Bertz CT molecular complexity index is 598. The molecule has 1 aromatic rings. The molecule has 7 nitrogen and oxygen atoms in total. The zero-order valence-corrected chi connectivity index (χ0v) is 21.0. The van der Waals surface area contributed by atoms with Crippen LogP contribution in [-0.2, 0) is 9.47 Å². The van der Waals surface area contributed by atoms with Crippen LogP contribution >= 0.6 is 24.0 Å². The third-order valence-corrected chi connectivity index (χ3v) is 5.21. The van der Waals surface area contributed by atoms with E-state index in [2.05, 4.69) is 32.7 Å². The Balaban J connectivity index is 0.00000450. The summed E-state index contributed by atoms with van der Waals surface area (Å²) in [5.74, 6) is 1.76. The van der Waals surface area contributed by atoms with E-state index in [4.69, 9.17) is 14.2 Å². The molecule has 1 saturated heterocycles. The molecule has 8 heteroatoms. The van der Waals surface area contributed by atoms with Gasteiger partial charge in [0, 0.05) is 39.4 Å². The summed E-state index contributed by atoms with van der Waals surface area (Å²) in [5, 5.41) is 6.89. The van der Waals surface area contributed by atoms with Crippen molar-refractivity contribution in [2.45, 2.75) is 31.7 Å². The third-order valence-electron chi connectivity index (χ3n) is 5.21. The smallest absolute Gasteiger partial charge is 0.191 e. The minimum Gasteiger partial charge on any atom is -0.496 e. The molecule has 1 aromatic carbocycles. The molecule has 1 heterocycles. The summed E-state index contributed by atoms with van der Waals surface area (Å²) in [6.45, 7) is 5.83. The normalized spacial score (nSPS) is 15.9. The molecule has 0 aliphatic carbocycles. The molecule has 0 aromatic heterocycles. The third kappa shape index (κ3) is 9.36. The monoisotopic (exact) mass is 534 g/mol. The van der Waals surface area contributed by atoms with Crippen molar-refractivity contribution >= 4 is 29.9 Å². The molecule has 0 bridgehead atoms. The number of para-hydroxylation sites is 1. The first kappa shape index (κ1) is 26.9. The van der Waals surface area contributed by atoms with Gasteiger partial charge in [-0.2, -0.15) is 0 Å². The number of nitrogens with zero attached hydrogens (tertiary/aromatic N) is 2. The van der Waals surface area contributed by atoms with Crippen LogP contribution in [0.25, 0.3) is 0 Å². The number of hydrogen-bond acceptors (Lipinski definition) is 5. The molecule has 1 atom stereocenters. The first-order valence-corrected chi connectivity index (χ1v) is 10.7. The fourth-order valence-electron chi connectivity index (χ4n) is 3.65. The number of methoxy groups -OCH3 is 2. The number of benzene rings is 1. The van der Waals surface area contributed by atoms with Gasteiger partial charge in [-0.05, 0) is 38.4 Å². The van der Waals surface area contributed by atoms with Gasteiger partial charge in [-0.3, -0.25) is 9.89 Å². The Morgan fingerprint density at radius 1 is 1.07 bits per heavy atom. The lowest BCUT2D eigenvalue weighted by atomic mass is 10.0. The van der Waals surface area contributed by atoms with Crippen LogP contribution in [0.2, 0.25) is 0 Å². The van der Waals surface area contributed by atoms with E-state index >= 15 is 0 Å². The van der Waals surface area contributed by atoms with E-state index in [1.54, 1.807) is 14.2 Å². The van der Waals surface area contributed by atoms with Gasteiger partial charge in [-0.25, -0.2) is 0 Å². The Hall–Kier alpha value is -1.10. The van der Waals surface area contributed by atoms with Crippen LogP contribution in [0.15, 0.2) is 29.3 Å². The van der Waals surface area contributed by atoms with Crippen LogP contribution in [-0.4, -0.2) is 78.1 Å². The zero-order chi connectivity index (χ0) is 20.7. The molecule has 1 fully saturated rings. The molecule has 0 radical (unpaired) electrons. The number of hydrogen-bond donors (Lipinski definition) is 2. The van der Waals surface area contributed by atoms with Crippen LogP contribution in [0, 0.1) is 0 Å². The van der Waals surface area contributed by atoms with E-state index in [1.165, 1.54) is 24.8 Å². The van der Waals surface area contributed by atoms with E-state index in [1.807, 2.05) is 19.2 Å². The molecular weight excluding hydrogens is 495 g/mol. The maximum Gasteiger partial charge on any atom is 0.191 e. The first-order chi connectivity index (χ1) is 14.3. The summed E-state index contributed by atoms with van der Waals surface area (Å²) in [5.41, 5.74) is 1.23. The Morgan fingerprint density at radius 2 is 1.83 bits per heavy atom. The minimum absolute atomic E-state index is 0. The number of halogens is 1. The molecule has 2 rings (SSSR count). The van der Waals surface area contributed by atoms with Crippen molar-refractivity contribution in [2.24, 2.45) is 4.99 Å². The average Bonchev–Trinajstić information content (AvgIpc) is 2.78. The van der Waals surface area contributed by atoms with Crippen LogP contribution < -0.4 is 15.4 Å². The van der Waals surface area contributed by atoms with Gasteiger partial charge in [-0.1, -0.05) is 24.6 Å². The number of nitrogens with one attached hydrogen (secondary N) is 2. The average molecular weight is 534 g/mol. The highest BCUT2D eigenvalue weighted by atomic mass is 127. The van der Waals surface area contributed by atoms with Gasteiger partial charge < -0.3 is 24.8 Å². The highest BCUT2D eigenvalue weighted by Gasteiger charge is 2.25. The molecule has 1 aliphatic heterocycles. The lowest BCUT2D eigenvalue weighted by Gasteiger charge is -2.35. The van der Waals surface area contributed by atoms with Crippen molar-refractivity contribution in [2.75, 3.05) is 67.3 Å². The largest absolute Gasteiger partial charge is 0.496 e. The van der Waals surface area contributed by atoms with E-state index in [0.717, 1.165) is 44.3 Å². The van der Waals surface area contributed by atoms with Crippen molar-refractivity contribution in [3.8, 4) is 5.75 Å². The maximum absolute atomic E-state index is 5.65. The SMILES string of the molecule is CN=C(NCCCOCCOC)NCC(c1ccccc1OC)N1CCCCC1.I. The van der Waals surface area contributed by atoms with Crippen molar-refractivity contribution in [3.05, 3.63) is 29.8 Å². The minimum atomic E-state index is 0. The summed E-state index contributed by atoms with van der Waals surface area (Å²) < 4.78 is 16.1. The highest BCUT2D eigenvalue weighted by molar-refractivity contribution is 14.0. The summed E-state index contributed by atoms with van der Waals surface area (Å²) in [7, 11) is 5.24. The van der Waals surface area contributed by atoms with Crippen molar-refractivity contribution in [1.29, 1.82) is 0 Å². The summed E-state index contributed by atoms with van der Waals surface area (Å²) in [6, 6.07) is 8.59. The van der Waals surface area contributed by atoms with Crippen LogP contribution in [0.5, 0.6) is 5.75 Å². The molecule has 30 heavy (non-hydrogen) atoms. The summed E-state index contributed by atoms with van der Waals surface area (Å²) >= 11 is 0. The van der Waals surface area contributed by atoms with Crippen molar-refractivity contribution < 1.29 is 14.2 Å². The van der Waals surface area contributed by atoms with E-state index in [0.29, 0.717) is 19.8 Å². The first-order valence-electron chi connectivity index (χ1n) is 10.7. The lowest BCUT2D eigenvalue weighted by Crippen LogP contribution is -2.44. The van der Waals surface area contributed by atoms with Crippen LogP contribution in [0.3, 0.4) is 0 Å². The van der Waals surface area contributed by atoms with Gasteiger partial charge in [0.05, 0.1) is 26.4 Å². The number of guanidine groups is 1. The number of ether oxygens (including phenoxy) is 3. The van der Waals surface area contributed by atoms with Crippen molar-refractivity contribution in [3.63, 3.8) is 0 Å². The molecular formula is C22H39IN4O3. The standard InChI is InChI=1S/C22H38N4O3.HI/c1-23-22(24-12-9-15-29-17-16-27-2)25-18-20(26-13-7-4-8-14-26)19-10-5-6-11-21(19)28-3;/h5-6,10-11,20H,4,7-9,12-18H2,1-3H3,(H2,23,24,25);1H. The zero-order valence-electron chi connectivity index (χ0n) is 18.7. The molecule has 1 aliphatic rings. The summed E-state index contributed by atoms with van der Waals surface area (Å²) in [4.78, 5) is 6.93. The highest BCUT2D eigenvalue weighted by Crippen LogP contribution is 2.30. The van der Waals surface area contributed by atoms with Crippen LogP contribution in [0.4, 0.5) is 0 Å². The fourth-order valence-corrected chi connectivity index (χ4v) is 3.65. The number of rotatable bonds is 12. The molecule has 1 unspecified atom stereocenters. The Labute approximate surface area is 199 Å². The predicted octanol–water partition coefficient (Wildman–Crippen LogP) is 3.06. The van der Waals surface area contributed by atoms with Gasteiger partial charge in [0.25, 0.3) is 0 Å². The van der Waals surface area contributed by atoms with Crippen LogP contribution in [0.1, 0.15) is 37.3 Å². The van der Waals surface area contributed by atoms with E-state index in [-0.39, 0.29) is 30.0 Å². The Morgan fingerprint density at radius 3 is 2.53 bits per heavy atom. The topological polar surface area (TPSA) is 67.4 Å². The van der Waals surface area contributed by atoms with E-state index < -0.39 is 0 Å². The van der Waals surface area contributed by atoms with Gasteiger partial charge in [-0.15, -0.1) is 24.0 Å². The van der Waals surface area contributed by atoms with Gasteiger partial charge >= 0.3 is 0 Å². The van der Waals surface area contributed by atoms with E-state index in [9.17, 15) is 0 Å². The summed E-state index contributed by atoms with van der Waals surface area (Å²) in [6.07, 6.45) is 4.74. The fraction of sp³-hybridized carbons (Fsp3) is 0.682. The second kappa shape index (κ2) is 16.6. The van der Waals surface area contributed by atoms with Gasteiger partial charge in [0.2, 0.25) is 0 Å². The maximum atomic E-state index is 5.65. The second-order valence-corrected chi connectivity index (χ2v) is 7.19. The molecule has 0 amide bonds. The number of likely N-dealkylation sites (tertiary alicyclic amines) is 1. The quantitative estimate of drug-likeness (QED) is 0.186. The number of aliphatic imine (C=N–C) groups is 1. The Kier molecular flexibility index (Phi) is 14.9. The molecule has 2 N–H and O–H groups in total. The van der Waals surface area contributed by atoms with Gasteiger partial charge in [0.15, 0.2) is 5.96 Å².